The summed E-state index contributed by atoms with van der Waals surface area (Å²) < 4.78 is 33.9. The van der Waals surface area contributed by atoms with Crippen molar-refractivity contribution in [2.45, 2.75) is 4.75 Å². The molecular weight excluding hydrogens is 482 g/mol. The van der Waals surface area contributed by atoms with Crippen molar-refractivity contribution in [2.24, 2.45) is 0 Å². The molecular formula is C19H12Cl4O5S. The van der Waals surface area contributed by atoms with Gasteiger partial charge in [0.2, 0.25) is 0 Å². The summed E-state index contributed by atoms with van der Waals surface area (Å²) >= 11 is 24.3. The zero-order valence-electron chi connectivity index (χ0n) is 14.3. The van der Waals surface area contributed by atoms with E-state index >= 15 is 0 Å². The van der Waals surface area contributed by atoms with E-state index in [2.05, 4.69) is 0 Å². The Balaban J connectivity index is 2.63. The fourth-order valence-electron chi connectivity index (χ4n) is 3.20. The summed E-state index contributed by atoms with van der Waals surface area (Å²) in [5, 5.41) is 20.4. The van der Waals surface area contributed by atoms with Gasteiger partial charge in [0.1, 0.15) is 16.5 Å². The quantitative estimate of drug-likeness (QED) is 0.311. The number of hydrogen-bond acceptors (Lipinski definition) is 4. The van der Waals surface area contributed by atoms with Crippen LogP contribution in [0.1, 0.15) is 16.7 Å². The minimum absolute atomic E-state index is 0.0323. The molecule has 3 aromatic carbocycles. The molecule has 0 radical (unpaired) electrons. The fraction of sp³-hybridized carbons (Fsp3) is 0.0526. The van der Waals surface area contributed by atoms with Gasteiger partial charge in [0.25, 0.3) is 10.1 Å². The molecule has 0 aliphatic heterocycles. The van der Waals surface area contributed by atoms with Crippen LogP contribution in [-0.2, 0) is 14.9 Å². The molecule has 0 spiro atoms. The standard InChI is InChI=1S/C19H12Cl4O5S/c20-11-5-6-16(24)13(9-11)19(29(26,27)28,12-3-1-2-4-14(12)21)10-7-15(22)18(23)17(25)8-10/h1-9,24-25H,(H,26,27,28). The third-order valence-electron chi connectivity index (χ3n) is 4.39. The first kappa shape index (κ1) is 22.0. The van der Waals surface area contributed by atoms with E-state index in [0.717, 1.165) is 12.1 Å². The molecule has 0 saturated heterocycles. The lowest BCUT2D eigenvalue weighted by molar-refractivity contribution is 0.439. The Morgan fingerprint density at radius 2 is 1.41 bits per heavy atom. The van der Waals surface area contributed by atoms with Gasteiger partial charge in [0.05, 0.1) is 5.02 Å². The van der Waals surface area contributed by atoms with Gasteiger partial charge in [-0.25, -0.2) is 0 Å². The zero-order valence-corrected chi connectivity index (χ0v) is 18.1. The van der Waals surface area contributed by atoms with Gasteiger partial charge >= 0.3 is 0 Å². The topological polar surface area (TPSA) is 94.8 Å². The smallest absolute Gasteiger partial charge is 0.283 e. The highest BCUT2D eigenvalue weighted by Crippen LogP contribution is 2.51. The van der Waals surface area contributed by atoms with Crippen LogP contribution in [0.25, 0.3) is 0 Å². The molecule has 29 heavy (non-hydrogen) atoms. The van der Waals surface area contributed by atoms with E-state index in [-0.39, 0.29) is 36.8 Å². The summed E-state index contributed by atoms with van der Waals surface area (Å²) in [4.78, 5) is 0. The molecule has 3 aromatic rings. The van der Waals surface area contributed by atoms with Crippen molar-refractivity contribution in [2.75, 3.05) is 0 Å². The van der Waals surface area contributed by atoms with Crippen LogP contribution in [0.2, 0.25) is 20.1 Å². The largest absolute Gasteiger partial charge is 0.508 e. The van der Waals surface area contributed by atoms with E-state index in [0.29, 0.717) is 0 Å². The first-order valence-corrected chi connectivity index (χ1v) is 10.8. The van der Waals surface area contributed by atoms with Gasteiger partial charge in [0.15, 0.2) is 4.75 Å². The lowest BCUT2D eigenvalue weighted by atomic mass is 9.83. The van der Waals surface area contributed by atoms with Crippen molar-refractivity contribution in [3.63, 3.8) is 0 Å². The lowest BCUT2D eigenvalue weighted by Crippen LogP contribution is -2.38. The predicted molar refractivity (Wildman–Crippen MR) is 114 cm³/mol. The molecule has 1 atom stereocenters. The first-order valence-electron chi connectivity index (χ1n) is 7.89. The molecule has 3 rings (SSSR count). The summed E-state index contributed by atoms with van der Waals surface area (Å²) in [6.45, 7) is 0. The second-order valence-electron chi connectivity index (χ2n) is 6.09. The molecule has 0 heterocycles. The highest BCUT2D eigenvalue weighted by molar-refractivity contribution is 7.87. The molecule has 1 unspecified atom stereocenters. The van der Waals surface area contributed by atoms with Gasteiger partial charge in [-0.3, -0.25) is 4.55 Å². The van der Waals surface area contributed by atoms with Crippen LogP contribution in [0.5, 0.6) is 11.5 Å². The van der Waals surface area contributed by atoms with Crippen molar-refractivity contribution in [1.29, 1.82) is 0 Å². The van der Waals surface area contributed by atoms with Gasteiger partial charge in [0, 0.05) is 21.2 Å². The van der Waals surface area contributed by atoms with Crippen molar-refractivity contribution in [1.82, 2.24) is 0 Å². The Morgan fingerprint density at radius 3 is 2.00 bits per heavy atom. The molecule has 0 aliphatic carbocycles. The maximum Gasteiger partial charge on any atom is 0.283 e. The molecule has 0 aromatic heterocycles. The first-order chi connectivity index (χ1) is 13.5. The fourth-order valence-corrected chi connectivity index (χ4v) is 5.34. The molecule has 0 bridgehead atoms. The summed E-state index contributed by atoms with van der Waals surface area (Å²) in [5.74, 6) is -1.02. The van der Waals surface area contributed by atoms with Crippen molar-refractivity contribution < 1.29 is 23.2 Å². The summed E-state index contributed by atoms with van der Waals surface area (Å²) in [7, 11) is -5.11. The average Bonchev–Trinajstić information content (AvgIpc) is 2.63. The second kappa shape index (κ2) is 7.87. The van der Waals surface area contributed by atoms with Crippen LogP contribution in [0.3, 0.4) is 0 Å². The van der Waals surface area contributed by atoms with Crippen LogP contribution in [0, 0.1) is 0 Å². The van der Waals surface area contributed by atoms with E-state index in [1.807, 2.05) is 0 Å². The summed E-state index contributed by atoms with van der Waals surface area (Å²) in [5.41, 5.74) is -0.601. The Bertz CT molecular complexity index is 1190. The van der Waals surface area contributed by atoms with Gasteiger partial charge in [-0.05, 0) is 42.0 Å². The monoisotopic (exact) mass is 492 g/mol. The number of benzene rings is 3. The van der Waals surface area contributed by atoms with E-state index in [1.165, 1.54) is 36.4 Å². The predicted octanol–water partition coefficient (Wildman–Crippen LogP) is 5.89. The van der Waals surface area contributed by atoms with Crippen LogP contribution in [0.15, 0.2) is 54.6 Å². The molecule has 3 N–H and O–H groups in total. The van der Waals surface area contributed by atoms with Crippen LogP contribution >= 0.6 is 46.4 Å². The number of phenolic OH excluding ortho intramolecular Hbond substituents is 2. The minimum atomic E-state index is -5.11. The third-order valence-corrected chi connectivity index (χ3v) is 7.20. The molecule has 10 heteroatoms. The minimum Gasteiger partial charge on any atom is -0.508 e. The van der Waals surface area contributed by atoms with Crippen molar-refractivity contribution in [3.8, 4) is 11.5 Å². The Kier molecular flexibility index (Phi) is 5.98. The van der Waals surface area contributed by atoms with Crippen LogP contribution in [-0.4, -0.2) is 23.2 Å². The molecule has 5 nitrogen and oxygen atoms in total. The zero-order chi connectivity index (χ0) is 21.6. The third kappa shape index (κ3) is 3.65. The maximum atomic E-state index is 13.0. The van der Waals surface area contributed by atoms with Gasteiger partial charge in [-0.15, -0.1) is 0 Å². The number of phenols is 2. The van der Waals surface area contributed by atoms with Crippen molar-refractivity contribution in [3.05, 3.63) is 91.4 Å². The van der Waals surface area contributed by atoms with E-state index in [4.69, 9.17) is 46.4 Å². The SMILES string of the molecule is O=S(=O)(O)C(c1cc(O)c(Cl)c(Cl)c1)(c1cc(Cl)ccc1O)c1ccccc1Cl. The number of rotatable bonds is 4. The molecule has 0 aliphatic rings. The highest BCUT2D eigenvalue weighted by Gasteiger charge is 2.51. The number of hydrogen-bond donors (Lipinski definition) is 3. The Labute approximate surface area is 186 Å². The van der Waals surface area contributed by atoms with E-state index in [9.17, 15) is 23.2 Å². The Hall–Kier alpha value is -1.67. The average molecular weight is 494 g/mol. The van der Waals surface area contributed by atoms with Crippen LogP contribution in [0.4, 0.5) is 0 Å². The molecule has 0 amide bonds. The maximum absolute atomic E-state index is 13.0. The highest BCUT2D eigenvalue weighted by atomic mass is 35.5. The van der Waals surface area contributed by atoms with Gasteiger partial charge in [-0.1, -0.05) is 64.6 Å². The number of aromatic hydroxyl groups is 2. The second-order valence-corrected chi connectivity index (χ2v) is 9.28. The van der Waals surface area contributed by atoms with Crippen molar-refractivity contribution >= 4 is 56.5 Å². The summed E-state index contributed by atoms with van der Waals surface area (Å²) in [6.07, 6.45) is 0. The molecule has 0 saturated carbocycles. The normalized spacial score (nSPS) is 13.8. The molecule has 152 valence electrons. The van der Waals surface area contributed by atoms with Gasteiger partial charge in [-0.2, -0.15) is 8.42 Å². The Morgan fingerprint density at radius 1 is 0.759 bits per heavy atom. The lowest BCUT2D eigenvalue weighted by Gasteiger charge is -2.34. The molecule has 0 fully saturated rings. The van der Waals surface area contributed by atoms with E-state index < -0.39 is 26.4 Å². The summed E-state index contributed by atoms with van der Waals surface area (Å²) in [6, 6.07) is 11.7. The van der Waals surface area contributed by atoms with E-state index in [1.54, 1.807) is 6.07 Å². The van der Waals surface area contributed by atoms with Gasteiger partial charge < -0.3 is 10.2 Å². The number of halogens is 4. The van der Waals surface area contributed by atoms with Crippen LogP contribution < -0.4 is 0 Å².